The summed E-state index contributed by atoms with van der Waals surface area (Å²) < 4.78 is 8.28. The van der Waals surface area contributed by atoms with Gasteiger partial charge in [-0.15, -0.1) is 0 Å². The third-order valence-corrected chi connectivity index (χ3v) is 8.05. The first kappa shape index (κ1) is 26.6. The second kappa shape index (κ2) is 11.5. The van der Waals surface area contributed by atoms with Gasteiger partial charge >= 0.3 is 0 Å². The van der Waals surface area contributed by atoms with Crippen LogP contribution in [0.15, 0.2) is 91.0 Å². The number of hydrogen-bond donors (Lipinski definition) is 4. The Morgan fingerprint density at radius 2 is 1.66 bits per heavy atom. The summed E-state index contributed by atoms with van der Waals surface area (Å²) in [5.74, 6) is 0.658. The van der Waals surface area contributed by atoms with Crippen LogP contribution in [0, 0.1) is 5.41 Å². The lowest BCUT2D eigenvalue weighted by Gasteiger charge is -2.27. The van der Waals surface area contributed by atoms with Crippen molar-refractivity contribution in [1.29, 1.82) is 5.41 Å². The van der Waals surface area contributed by atoms with Gasteiger partial charge in [0.1, 0.15) is 23.9 Å². The molecule has 0 spiro atoms. The number of carbonyl (C=O) groups excluding carboxylic acids is 1. The number of hydrogen-bond acceptors (Lipinski definition) is 4. The van der Waals surface area contributed by atoms with Gasteiger partial charge in [-0.3, -0.25) is 10.2 Å². The normalized spacial score (nSPS) is 17.0. The number of fused-ring (bicyclic) bond motifs is 2. The highest BCUT2D eigenvalue weighted by Crippen LogP contribution is 2.30. The van der Waals surface area contributed by atoms with Crippen molar-refractivity contribution in [1.82, 2.24) is 9.88 Å². The number of carbonyl (C=O) groups is 1. The molecule has 41 heavy (non-hydrogen) atoms. The first-order chi connectivity index (χ1) is 19.9. The molecule has 1 aliphatic carbocycles. The highest BCUT2D eigenvalue weighted by Gasteiger charge is 2.23. The van der Waals surface area contributed by atoms with Crippen LogP contribution in [0.3, 0.4) is 0 Å². The summed E-state index contributed by atoms with van der Waals surface area (Å²) in [4.78, 5) is 13.7. The van der Waals surface area contributed by atoms with Gasteiger partial charge in [0.2, 0.25) is 0 Å². The van der Waals surface area contributed by atoms with Gasteiger partial charge in [-0.2, -0.15) is 0 Å². The monoisotopic (exact) mass is 545 g/mol. The van der Waals surface area contributed by atoms with Crippen LogP contribution in [0.5, 0.6) is 5.75 Å². The molecule has 6 rings (SSSR count). The topological polar surface area (TPSA) is 119 Å². The number of amidine groups is 1. The van der Waals surface area contributed by atoms with Crippen molar-refractivity contribution in [2.75, 3.05) is 0 Å². The molecule has 0 aliphatic heterocycles. The Balaban J connectivity index is 1.39. The SMILES string of the molecule is N=C(N)c1ccc2cc(C(=O)NC3CCC(N)CC3)n(Cc3cc(OCc4ccccc4)cc4ccccc34)c2c1. The van der Waals surface area contributed by atoms with E-state index < -0.39 is 0 Å². The summed E-state index contributed by atoms with van der Waals surface area (Å²) in [6.45, 7) is 0.915. The van der Waals surface area contributed by atoms with Crippen LogP contribution in [-0.2, 0) is 13.2 Å². The lowest BCUT2D eigenvalue weighted by molar-refractivity contribution is 0.0917. The van der Waals surface area contributed by atoms with Crippen molar-refractivity contribution in [3.8, 4) is 5.75 Å². The number of amides is 1. The molecule has 1 aliphatic rings. The highest BCUT2D eigenvalue weighted by molar-refractivity contribution is 6.02. The largest absolute Gasteiger partial charge is 0.489 e. The number of nitrogens with two attached hydrogens (primary N) is 2. The van der Waals surface area contributed by atoms with Gasteiger partial charge in [0, 0.05) is 35.1 Å². The molecule has 0 unspecified atom stereocenters. The smallest absolute Gasteiger partial charge is 0.268 e. The van der Waals surface area contributed by atoms with Gasteiger partial charge in [0.05, 0.1) is 0 Å². The highest BCUT2D eigenvalue weighted by atomic mass is 16.5. The Morgan fingerprint density at radius 3 is 2.44 bits per heavy atom. The second-order valence-corrected chi connectivity index (χ2v) is 11.0. The number of nitrogens with one attached hydrogen (secondary N) is 2. The van der Waals surface area contributed by atoms with Crippen molar-refractivity contribution in [2.24, 2.45) is 11.5 Å². The predicted octanol–water partition coefficient (Wildman–Crippen LogP) is 5.71. The summed E-state index contributed by atoms with van der Waals surface area (Å²) in [5.41, 5.74) is 16.1. The maximum absolute atomic E-state index is 13.7. The van der Waals surface area contributed by atoms with E-state index in [0.29, 0.717) is 24.4 Å². The van der Waals surface area contributed by atoms with Crippen LogP contribution in [0.4, 0.5) is 0 Å². The maximum Gasteiger partial charge on any atom is 0.268 e. The van der Waals surface area contributed by atoms with E-state index in [9.17, 15) is 4.79 Å². The van der Waals surface area contributed by atoms with Gasteiger partial charge in [0.25, 0.3) is 5.91 Å². The number of rotatable bonds is 8. The van der Waals surface area contributed by atoms with E-state index >= 15 is 0 Å². The van der Waals surface area contributed by atoms with E-state index in [-0.39, 0.29) is 23.8 Å². The fraction of sp³-hybridized carbons (Fsp3) is 0.235. The average molecular weight is 546 g/mol. The van der Waals surface area contributed by atoms with Gasteiger partial charge in [-0.25, -0.2) is 0 Å². The number of nitrogens with zero attached hydrogens (tertiary/aromatic N) is 1. The molecule has 7 nitrogen and oxygen atoms in total. The molecule has 1 amide bonds. The average Bonchev–Trinajstić information content (AvgIpc) is 3.35. The first-order valence-corrected chi connectivity index (χ1v) is 14.2. The van der Waals surface area contributed by atoms with E-state index in [1.165, 1.54) is 0 Å². The van der Waals surface area contributed by atoms with Crippen molar-refractivity contribution in [2.45, 2.75) is 50.9 Å². The zero-order valence-corrected chi connectivity index (χ0v) is 23.0. The molecule has 6 N–H and O–H groups in total. The first-order valence-electron chi connectivity index (χ1n) is 14.2. The molecule has 5 aromatic rings. The third-order valence-electron chi connectivity index (χ3n) is 8.05. The van der Waals surface area contributed by atoms with E-state index in [4.69, 9.17) is 21.6 Å². The van der Waals surface area contributed by atoms with E-state index in [2.05, 4.69) is 29.6 Å². The molecule has 0 saturated heterocycles. The molecule has 0 bridgehead atoms. The van der Waals surface area contributed by atoms with Gasteiger partial charge in [-0.05, 0) is 71.8 Å². The van der Waals surface area contributed by atoms with Crippen LogP contribution < -0.4 is 21.5 Å². The van der Waals surface area contributed by atoms with Crippen LogP contribution in [0.25, 0.3) is 21.7 Å². The molecule has 208 valence electrons. The molecule has 1 saturated carbocycles. The summed E-state index contributed by atoms with van der Waals surface area (Å²) in [6, 6.07) is 30.4. The maximum atomic E-state index is 13.7. The Kier molecular flexibility index (Phi) is 7.44. The molecular formula is C34H35N5O2. The number of nitrogen functional groups attached to an aromatic ring is 1. The third kappa shape index (κ3) is 5.81. The molecule has 1 heterocycles. The lowest BCUT2D eigenvalue weighted by atomic mass is 9.92. The van der Waals surface area contributed by atoms with Crippen LogP contribution in [-0.4, -0.2) is 28.4 Å². The van der Waals surface area contributed by atoms with Crippen molar-refractivity contribution in [3.63, 3.8) is 0 Å². The van der Waals surface area contributed by atoms with E-state index in [1.807, 2.05) is 71.3 Å². The minimum Gasteiger partial charge on any atom is -0.489 e. The zero-order valence-electron chi connectivity index (χ0n) is 23.0. The van der Waals surface area contributed by atoms with Crippen molar-refractivity contribution >= 4 is 33.4 Å². The molecule has 1 fully saturated rings. The Morgan fingerprint density at radius 1 is 0.902 bits per heavy atom. The van der Waals surface area contributed by atoms with Gasteiger partial charge in [0.15, 0.2) is 0 Å². The lowest BCUT2D eigenvalue weighted by Crippen LogP contribution is -2.41. The second-order valence-electron chi connectivity index (χ2n) is 11.0. The molecule has 0 radical (unpaired) electrons. The predicted molar refractivity (Wildman–Crippen MR) is 164 cm³/mol. The molecule has 0 atom stereocenters. The number of benzene rings is 4. The van der Waals surface area contributed by atoms with Crippen LogP contribution in [0.2, 0.25) is 0 Å². The Labute approximate surface area is 239 Å². The minimum atomic E-state index is -0.105. The zero-order chi connectivity index (χ0) is 28.3. The van der Waals surface area contributed by atoms with Gasteiger partial charge < -0.3 is 26.1 Å². The molecular weight excluding hydrogens is 510 g/mol. The molecule has 4 aromatic carbocycles. The summed E-state index contributed by atoms with van der Waals surface area (Å²) in [6.07, 6.45) is 3.59. The van der Waals surface area contributed by atoms with E-state index in [1.54, 1.807) is 0 Å². The quantitative estimate of drug-likeness (QED) is 0.148. The fourth-order valence-electron chi connectivity index (χ4n) is 5.79. The fourth-order valence-corrected chi connectivity index (χ4v) is 5.79. The Hall–Kier alpha value is -4.62. The van der Waals surface area contributed by atoms with E-state index in [0.717, 1.165) is 64.2 Å². The van der Waals surface area contributed by atoms with Crippen molar-refractivity contribution < 1.29 is 9.53 Å². The van der Waals surface area contributed by atoms with Gasteiger partial charge in [-0.1, -0.05) is 66.7 Å². The van der Waals surface area contributed by atoms with Crippen molar-refractivity contribution in [3.05, 3.63) is 113 Å². The minimum absolute atomic E-state index is 0.00837. The summed E-state index contributed by atoms with van der Waals surface area (Å²) in [5, 5.41) is 14.3. The van der Waals surface area contributed by atoms with Crippen LogP contribution in [0.1, 0.15) is 52.9 Å². The Bertz CT molecular complexity index is 1720. The molecule has 1 aromatic heterocycles. The standard InChI is InChI=1S/C34H35N5O2/c35-27-12-14-28(15-13-27)38-34(40)32-18-24-10-11-25(33(36)37)19-31(24)39(32)20-26-17-29(16-23-8-4-5-9-30(23)26)41-21-22-6-2-1-3-7-22/h1-11,16-19,27-28H,12-15,20-21,35H2,(H3,36,37)(H,38,40). The molecule has 7 heteroatoms. The summed E-state index contributed by atoms with van der Waals surface area (Å²) in [7, 11) is 0. The number of ether oxygens (including phenoxy) is 1. The van der Waals surface area contributed by atoms with Crippen LogP contribution >= 0.6 is 0 Å². The number of aromatic nitrogens is 1. The summed E-state index contributed by atoms with van der Waals surface area (Å²) >= 11 is 0.